The van der Waals surface area contributed by atoms with E-state index in [0.29, 0.717) is 17.8 Å². The predicted octanol–water partition coefficient (Wildman–Crippen LogP) is 4.69. The van der Waals surface area contributed by atoms with Gasteiger partial charge in [-0.3, -0.25) is 5.10 Å². The molecule has 0 spiro atoms. The maximum absolute atomic E-state index is 10.3. The predicted molar refractivity (Wildman–Crippen MR) is 113 cm³/mol. The monoisotopic (exact) mass is 412 g/mol. The first-order chi connectivity index (χ1) is 14.2. The zero-order chi connectivity index (χ0) is 20.9. The summed E-state index contributed by atoms with van der Waals surface area (Å²) in [6, 6.07) is 2.10. The lowest BCUT2D eigenvalue weighted by Gasteiger charge is -2.59. The molecule has 5 aliphatic rings. The lowest BCUT2D eigenvalue weighted by molar-refractivity contribution is -0.220. The second-order valence-electron chi connectivity index (χ2n) is 11.7. The molecular weight excluding hydrogens is 376 g/mol. The third-order valence-corrected chi connectivity index (χ3v) is 9.97. The van der Waals surface area contributed by atoms with Gasteiger partial charge in [0.15, 0.2) is 5.79 Å². The Morgan fingerprint density at radius 3 is 2.73 bits per heavy atom. The smallest absolute Gasteiger partial charge is 0.164 e. The molecule has 2 heterocycles. The molecule has 0 aromatic carbocycles. The van der Waals surface area contributed by atoms with Crippen LogP contribution in [0.2, 0.25) is 0 Å². The van der Waals surface area contributed by atoms with Crippen molar-refractivity contribution in [1.29, 1.82) is 0 Å². The first-order valence-corrected chi connectivity index (χ1v) is 11.9. The molecule has 0 radical (unpaired) electrons. The Morgan fingerprint density at radius 1 is 1.13 bits per heavy atom. The van der Waals surface area contributed by atoms with Crippen LogP contribution >= 0.6 is 0 Å². The molecule has 5 nitrogen and oxygen atoms in total. The SMILES string of the molecule is CC1(C)O[C@@H]2C[C@@H]3[C@H]4CC=C5C[C@@H](O)CC[C@@]5(C)[C@@H]4CC[C@]3(C)[C@]2(c2ccn[nH]2)O1. The summed E-state index contributed by atoms with van der Waals surface area (Å²) in [7, 11) is 0. The van der Waals surface area contributed by atoms with Gasteiger partial charge >= 0.3 is 0 Å². The molecule has 1 saturated heterocycles. The van der Waals surface area contributed by atoms with Crippen LogP contribution in [0.4, 0.5) is 0 Å². The zero-order valence-electron chi connectivity index (χ0n) is 18.8. The van der Waals surface area contributed by atoms with Crippen LogP contribution < -0.4 is 0 Å². The average Bonchev–Trinajstić information content (AvgIpc) is 3.35. The molecule has 1 aromatic rings. The van der Waals surface area contributed by atoms with Gasteiger partial charge in [0.05, 0.1) is 17.9 Å². The molecular formula is C25H36N2O3. The zero-order valence-corrected chi connectivity index (χ0v) is 18.8. The second kappa shape index (κ2) is 5.99. The highest BCUT2D eigenvalue weighted by Crippen LogP contribution is 2.72. The van der Waals surface area contributed by atoms with Gasteiger partial charge < -0.3 is 14.6 Å². The number of H-pyrrole nitrogens is 1. The summed E-state index contributed by atoms with van der Waals surface area (Å²) in [5.41, 5.74) is 2.44. The van der Waals surface area contributed by atoms with E-state index < -0.39 is 11.4 Å². The Morgan fingerprint density at radius 2 is 1.97 bits per heavy atom. The number of fused-ring (bicyclic) bond motifs is 7. The molecule has 3 saturated carbocycles. The maximum atomic E-state index is 10.3. The van der Waals surface area contributed by atoms with Gasteiger partial charge in [0.2, 0.25) is 0 Å². The molecule has 5 heteroatoms. The van der Waals surface area contributed by atoms with Crippen molar-refractivity contribution in [2.75, 3.05) is 0 Å². The van der Waals surface area contributed by atoms with Crippen molar-refractivity contribution in [3.8, 4) is 0 Å². The fourth-order valence-electron chi connectivity index (χ4n) is 8.69. The largest absolute Gasteiger partial charge is 0.393 e. The Hall–Kier alpha value is -1.17. The summed E-state index contributed by atoms with van der Waals surface area (Å²) in [6.07, 6.45) is 11.8. The standard InChI is InChI=1S/C25H36N2O3/c1-22(2)29-21-14-19-17-6-5-15-13-16(28)7-10-23(15,3)18(17)8-11-24(19,4)25(21,30-22)20-9-12-26-27-20/h5,9,12,16-19,21,28H,6-8,10-11,13-14H2,1-4H3,(H,26,27)/t16-,17-,18+,19+,21+,23+,24-,25+/m0/s1. The van der Waals surface area contributed by atoms with Gasteiger partial charge in [-0.05, 0) is 88.0 Å². The Kier molecular flexibility index (Phi) is 3.90. The Balaban J connectivity index is 1.42. The van der Waals surface area contributed by atoms with E-state index >= 15 is 0 Å². The molecule has 30 heavy (non-hydrogen) atoms. The highest BCUT2D eigenvalue weighted by Gasteiger charge is 2.74. The van der Waals surface area contributed by atoms with Crippen LogP contribution in [0.3, 0.4) is 0 Å². The lowest BCUT2D eigenvalue weighted by atomic mass is 9.46. The summed E-state index contributed by atoms with van der Waals surface area (Å²) in [4.78, 5) is 0. The number of ether oxygens (including phenoxy) is 2. The van der Waals surface area contributed by atoms with E-state index in [1.54, 1.807) is 0 Å². The lowest BCUT2D eigenvalue weighted by Crippen LogP contribution is -2.55. The number of nitrogens with zero attached hydrogens (tertiary/aromatic N) is 1. The quantitative estimate of drug-likeness (QED) is 0.657. The van der Waals surface area contributed by atoms with Crippen LogP contribution in [0.25, 0.3) is 0 Å². The molecule has 8 atom stereocenters. The third kappa shape index (κ3) is 2.27. The second-order valence-corrected chi connectivity index (χ2v) is 11.7. The van der Waals surface area contributed by atoms with Crippen LogP contribution in [0.5, 0.6) is 0 Å². The summed E-state index contributed by atoms with van der Waals surface area (Å²) in [5, 5.41) is 17.8. The third-order valence-electron chi connectivity index (χ3n) is 9.97. The fraction of sp³-hybridized carbons (Fsp3) is 0.800. The van der Waals surface area contributed by atoms with Crippen LogP contribution in [0.1, 0.15) is 78.3 Å². The molecule has 1 aliphatic heterocycles. The van der Waals surface area contributed by atoms with Crippen LogP contribution in [0.15, 0.2) is 23.9 Å². The van der Waals surface area contributed by atoms with Gasteiger partial charge in [-0.2, -0.15) is 5.10 Å². The first-order valence-electron chi connectivity index (χ1n) is 11.9. The maximum Gasteiger partial charge on any atom is 0.164 e. The molecule has 1 aromatic heterocycles. The van der Waals surface area contributed by atoms with Crippen molar-refractivity contribution in [1.82, 2.24) is 10.2 Å². The van der Waals surface area contributed by atoms with Gasteiger partial charge in [-0.15, -0.1) is 0 Å². The van der Waals surface area contributed by atoms with E-state index in [2.05, 4.69) is 50.0 Å². The van der Waals surface area contributed by atoms with E-state index in [-0.39, 0.29) is 23.0 Å². The summed E-state index contributed by atoms with van der Waals surface area (Å²) < 4.78 is 13.4. The molecule has 2 N–H and O–H groups in total. The molecule has 6 rings (SSSR count). The Labute approximate surface area is 179 Å². The summed E-state index contributed by atoms with van der Waals surface area (Å²) in [6.45, 7) is 9.06. The number of aliphatic hydroxyl groups is 1. The number of allylic oxidation sites excluding steroid dienone is 1. The normalized spacial score (nSPS) is 51.5. The minimum absolute atomic E-state index is 0.0228. The van der Waals surface area contributed by atoms with Crippen molar-refractivity contribution in [2.45, 2.75) is 96.2 Å². The number of aliphatic hydroxyl groups excluding tert-OH is 1. The number of nitrogens with one attached hydrogen (secondary N) is 1. The minimum Gasteiger partial charge on any atom is -0.393 e. The molecule has 4 aliphatic carbocycles. The van der Waals surface area contributed by atoms with E-state index in [4.69, 9.17) is 9.47 Å². The molecule has 4 fully saturated rings. The van der Waals surface area contributed by atoms with Gasteiger partial charge in [-0.1, -0.05) is 25.5 Å². The van der Waals surface area contributed by atoms with E-state index in [1.807, 2.05) is 6.20 Å². The van der Waals surface area contributed by atoms with Crippen molar-refractivity contribution < 1.29 is 14.6 Å². The van der Waals surface area contributed by atoms with Crippen LogP contribution in [-0.4, -0.2) is 33.3 Å². The van der Waals surface area contributed by atoms with Crippen LogP contribution in [0, 0.1) is 28.6 Å². The molecule has 164 valence electrons. The van der Waals surface area contributed by atoms with Crippen molar-refractivity contribution >= 4 is 0 Å². The number of hydrogen-bond acceptors (Lipinski definition) is 4. The van der Waals surface area contributed by atoms with Crippen LogP contribution in [-0.2, 0) is 15.1 Å². The summed E-state index contributed by atoms with van der Waals surface area (Å²) in [5.74, 6) is 1.36. The fourth-order valence-corrected chi connectivity index (χ4v) is 8.69. The average molecular weight is 413 g/mol. The highest BCUT2D eigenvalue weighted by atomic mass is 16.8. The summed E-state index contributed by atoms with van der Waals surface area (Å²) >= 11 is 0. The van der Waals surface area contributed by atoms with Gasteiger partial charge in [0.25, 0.3) is 0 Å². The van der Waals surface area contributed by atoms with Crippen molar-refractivity contribution in [3.05, 3.63) is 29.6 Å². The van der Waals surface area contributed by atoms with Crippen molar-refractivity contribution in [3.63, 3.8) is 0 Å². The number of aromatic nitrogens is 2. The molecule has 0 amide bonds. The van der Waals surface area contributed by atoms with E-state index in [1.165, 1.54) is 12.0 Å². The highest BCUT2D eigenvalue weighted by molar-refractivity contribution is 5.31. The molecule has 0 unspecified atom stereocenters. The minimum atomic E-state index is -0.578. The van der Waals surface area contributed by atoms with E-state index in [0.717, 1.165) is 44.2 Å². The topological polar surface area (TPSA) is 67.4 Å². The molecule has 0 bridgehead atoms. The number of aromatic amines is 1. The van der Waals surface area contributed by atoms with E-state index in [9.17, 15) is 5.11 Å². The van der Waals surface area contributed by atoms with Crippen molar-refractivity contribution in [2.24, 2.45) is 28.6 Å². The Bertz CT molecular complexity index is 879. The van der Waals surface area contributed by atoms with Gasteiger partial charge in [0, 0.05) is 11.6 Å². The first kappa shape index (κ1) is 19.5. The number of hydrogen-bond donors (Lipinski definition) is 2. The van der Waals surface area contributed by atoms with Gasteiger partial charge in [0.1, 0.15) is 5.60 Å². The van der Waals surface area contributed by atoms with Gasteiger partial charge in [-0.25, -0.2) is 0 Å². The number of rotatable bonds is 1.